The maximum atomic E-state index is 11.9. The van der Waals surface area contributed by atoms with Crippen molar-refractivity contribution in [1.82, 2.24) is 10.2 Å². The van der Waals surface area contributed by atoms with Gasteiger partial charge in [0.1, 0.15) is 5.82 Å². The van der Waals surface area contributed by atoms with Gasteiger partial charge in [-0.1, -0.05) is 28.4 Å². The second-order valence-corrected chi connectivity index (χ2v) is 4.75. The molecule has 8 nitrogen and oxygen atoms in total. The molecule has 0 saturated heterocycles. The molecular weight excluding hydrogens is 319 g/mol. The number of H-pyrrole nitrogens is 1. The summed E-state index contributed by atoms with van der Waals surface area (Å²) in [6, 6.07) is 4.02. The van der Waals surface area contributed by atoms with Crippen LogP contribution in [0.3, 0.4) is 0 Å². The van der Waals surface area contributed by atoms with E-state index in [4.69, 9.17) is 34.1 Å². The third kappa shape index (κ3) is 3.77. The van der Waals surface area contributed by atoms with Crippen LogP contribution < -0.4 is 16.4 Å². The van der Waals surface area contributed by atoms with Crippen molar-refractivity contribution in [2.75, 3.05) is 10.6 Å². The Bertz CT molecular complexity index is 680. The Hall–Kier alpha value is -2.45. The van der Waals surface area contributed by atoms with E-state index in [2.05, 4.69) is 26.0 Å². The topological polar surface area (TPSA) is 128 Å². The molecule has 10 heteroatoms. The minimum Gasteiger partial charge on any atom is -0.409 e. The number of aromatic nitrogens is 2. The van der Waals surface area contributed by atoms with Gasteiger partial charge in [-0.2, -0.15) is 5.10 Å². The molecule has 0 saturated carbocycles. The average Bonchev–Trinajstić information content (AvgIpc) is 2.84. The second-order valence-electron chi connectivity index (χ2n) is 3.88. The van der Waals surface area contributed by atoms with Gasteiger partial charge in [-0.3, -0.25) is 10.4 Å². The molecule has 21 heavy (non-hydrogen) atoms. The number of carbonyl (C=O) groups excluding carboxylic acids is 1. The summed E-state index contributed by atoms with van der Waals surface area (Å²) in [5.41, 5.74) is 6.10. The van der Waals surface area contributed by atoms with E-state index < -0.39 is 6.03 Å². The summed E-state index contributed by atoms with van der Waals surface area (Å²) < 4.78 is 0. The zero-order chi connectivity index (χ0) is 15.4. The maximum absolute atomic E-state index is 11.9. The highest BCUT2D eigenvalue weighted by Gasteiger charge is 2.12. The summed E-state index contributed by atoms with van der Waals surface area (Å²) in [6.45, 7) is 0. The summed E-state index contributed by atoms with van der Waals surface area (Å²) >= 11 is 11.7. The van der Waals surface area contributed by atoms with Crippen LogP contribution in [0.5, 0.6) is 0 Å². The van der Waals surface area contributed by atoms with E-state index in [0.717, 1.165) is 0 Å². The number of oxime groups is 1. The van der Waals surface area contributed by atoms with Crippen LogP contribution >= 0.6 is 23.2 Å². The lowest BCUT2D eigenvalue weighted by atomic mass is 10.3. The minimum absolute atomic E-state index is 0.177. The summed E-state index contributed by atoms with van der Waals surface area (Å²) in [5, 5.41) is 23.4. The number of nitrogens with zero attached hydrogens (tertiary/aromatic N) is 2. The lowest BCUT2D eigenvalue weighted by molar-refractivity contribution is 0.262. The van der Waals surface area contributed by atoms with Gasteiger partial charge < -0.3 is 16.3 Å². The normalized spacial score (nSPS) is 11.2. The molecule has 0 atom stereocenters. The van der Waals surface area contributed by atoms with E-state index in [9.17, 15) is 4.79 Å². The molecule has 2 aromatic rings. The Labute approximate surface area is 128 Å². The van der Waals surface area contributed by atoms with E-state index in [1.165, 1.54) is 24.4 Å². The standard InChI is InChI=1S/C11H10Cl2N6O2/c12-5-1-6(13)3-7(2-5)16-11(20)17-10-8(4-15-18-10)9(14)19-21/h1-4,21H,(H2,14,19)(H3,15,16,17,18,20). The number of aromatic amines is 1. The summed E-state index contributed by atoms with van der Waals surface area (Å²) in [5.74, 6) is -0.0132. The van der Waals surface area contributed by atoms with E-state index in [0.29, 0.717) is 15.7 Å². The zero-order valence-electron chi connectivity index (χ0n) is 10.4. The molecule has 0 fully saturated rings. The molecule has 0 radical (unpaired) electrons. The number of hydrogen-bond donors (Lipinski definition) is 5. The predicted molar refractivity (Wildman–Crippen MR) is 80.2 cm³/mol. The number of amidine groups is 1. The number of rotatable bonds is 3. The summed E-state index contributed by atoms with van der Waals surface area (Å²) in [4.78, 5) is 11.9. The number of hydrogen-bond acceptors (Lipinski definition) is 4. The fourth-order valence-electron chi connectivity index (χ4n) is 1.53. The van der Waals surface area contributed by atoms with Gasteiger partial charge in [0.25, 0.3) is 0 Å². The van der Waals surface area contributed by atoms with Crippen LogP contribution in [0, 0.1) is 0 Å². The fraction of sp³-hybridized carbons (Fsp3) is 0. The van der Waals surface area contributed by atoms with Crippen LogP contribution in [0.4, 0.5) is 16.3 Å². The van der Waals surface area contributed by atoms with Crippen molar-refractivity contribution in [3.63, 3.8) is 0 Å². The molecule has 1 aromatic heterocycles. The first-order chi connectivity index (χ1) is 9.99. The molecule has 0 aliphatic rings. The lowest BCUT2D eigenvalue weighted by Gasteiger charge is -2.08. The number of benzene rings is 1. The number of amides is 2. The van der Waals surface area contributed by atoms with Gasteiger partial charge >= 0.3 is 6.03 Å². The predicted octanol–water partition coefficient (Wildman–Crippen LogP) is 2.46. The second kappa shape index (κ2) is 6.33. The van der Waals surface area contributed by atoms with Gasteiger partial charge in [-0.15, -0.1) is 0 Å². The Morgan fingerprint density at radius 1 is 1.29 bits per heavy atom. The molecule has 0 bridgehead atoms. The summed E-state index contributed by atoms with van der Waals surface area (Å²) in [6.07, 6.45) is 1.31. The van der Waals surface area contributed by atoms with Crippen LogP contribution in [0.2, 0.25) is 10.0 Å². The maximum Gasteiger partial charge on any atom is 0.324 e. The van der Waals surface area contributed by atoms with Crippen molar-refractivity contribution < 1.29 is 10.0 Å². The molecule has 0 aliphatic carbocycles. The minimum atomic E-state index is -0.579. The van der Waals surface area contributed by atoms with Crippen LogP contribution in [-0.4, -0.2) is 27.3 Å². The van der Waals surface area contributed by atoms with Crippen molar-refractivity contribution >= 4 is 46.6 Å². The number of nitrogens with one attached hydrogen (secondary N) is 3. The lowest BCUT2D eigenvalue weighted by Crippen LogP contribution is -2.22. The van der Waals surface area contributed by atoms with E-state index in [-0.39, 0.29) is 17.2 Å². The Morgan fingerprint density at radius 3 is 2.57 bits per heavy atom. The molecule has 0 unspecified atom stereocenters. The van der Waals surface area contributed by atoms with Crippen molar-refractivity contribution in [2.45, 2.75) is 0 Å². The van der Waals surface area contributed by atoms with Crippen molar-refractivity contribution in [1.29, 1.82) is 0 Å². The first kappa shape index (κ1) is 14.9. The van der Waals surface area contributed by atoms with Crippen LogP contribution in [0.15, 0.2) is 29.6 Å². The third-order valence-corrected chi connectivity index (χ3v) is 2.82. The van der Waals surface area contributed by atoms with Gasteiger partial charge in [0, 0.05) is 15.7 Å². The molecule has 0 spiro atoms. The highest BCUT2D eigenvalue weighted by Crippen LogP contribution is 2.22. The van der Waals surface area contributed by atoms with Crippen LogP contribution in [0.25, 0.3) is 0 Å². The van der Waals surface area contributed by atoms with Gasteiger partial charge in [-0.05, 0) is 18.2 Å². The van der Waals surface area contributed by atoms with Gasteiger partial charge in [0.15, 0.2) is 5.84 Å². The zero-order valence-corrected chi connectivity index (χ0v) is 11.9. The Balaban J connectivity index is 2.10. The number of nitrogens with two attached hydrogens (primary N) is 1. The molecule has 6 N–H and O–H groups in total. The number of carbonyl (C=O) groups is 1. The number of urea groups is 1. The van der Waals surface area contributed by atoms with Crippen LogP contribution in [-0.2, 0) is 0 Å². The van der Waals surface area contributed by atoms with Gasteiger partial charge in [0.05, 0.1) is 11.8 Å². The monoisotopic (exact) mass is 328 g/mol. The van der Waals surface area contributed by atoms with Crippen molar-refractivity contribution in [3.05, 3.63) is 40.0 Å². The highest BCUT2D eigenvalue weighted by atomic mass is 35.5. The first-order valence-corrected chi connectivity index (χ1v) is 6.30. The Kier molecular flexibility index (Phi) is 4.51. The quantitative estimate of drug-likeness (QED) is 0.256. The third-order valence-electron chi connectivity index (χ3n) is 2.38. The fourth-order valence-corrected chi connectivity index (χ4v) is 2.06. The van der Waals surface area contributed by atoms with E-state index >= 15 is 0 Å². The molecule has 2 rings (SSSR count). The van der Waals surface area contributed by atoms with Gasteiger partial charge in [0.2, 0.25) is 0 Å². The molecular formula is C11H10Cl2N6O2. The average molecular weight is 329 g/mol. The first-order valence-electron chi connectivity index (χ1n) is 5.55. The largest absolute Gasteiger partial charge is 0.409 e. The van der Waals surface area contributed by atoms with Crippen molar-refractivity contribution in [3.8, 4) is 0 Å². The van der Waals surface area contributed by atoms with Crippen molar-refractivity contribution in [2.24, 2.45) is 10.9 Å². The number of anilines is 2. The SMILES string of the molecule is N/C(=N/O)c1cn[nH]c1NC(=O)Nc1cc(Cl)cc(Cl)c1. The van der Waals surface area contributed by atoms with E-state index in [1.807, 2.05) is 0 Å². The summed E-state index contributed by atoms with van der Waals surface area (Å²) in [7, 11) is 0. The Morgan fingerprint density at radius 2 is 1.95 bits per heavy atom. The highest BCUT2D eigenvalue weighted by molar-refractivity contribution is 6.35. The molecule has 110 valence electrons. The smallest absolute Gasteiger partial charge is 0.324 e. The molecule has 0 aliphatic heterocycles. The van der Waals surface area contributed by atoms with Gasteiger partial charge in [-0.25, -0.2) is 4.79 Å². The molecule has 1 heterocycles. The molecule has 1 aromatic carbocycles. The van der Waals surface area contributed by atoms with E-state index in [1.54, 1.807) is 0 Å². The number of halogens is 2. The van der Waals surface area contributed by atoms with Crippen LogP contribution in [0.1, 0.15) is 5.56 Å². The molecule has 2 amide bonds.